The smallest absolute Gasteiger partial charge is 0.325 e. The van der Waals surface area contributed by atoms with Crippen LogP contribution < -0.4 is 10.6 Å². The molecule has 3 rings (SSSR count). The van der Waals surface area contributed by atoms with Crippen LogP contribution in [-0.4, -0.2) is 17.6 Å². The van der Waals surface area contributed by atoms with Crippen molar-refractivity contribution in [3.63, 3.8) is 0 Å². The molecule has 0 aromatic heterocycles. The fourth-order valence-electron chi connectivity index (χ4n) is 3.10. The van der Waals surface area contributed by atoms with Gasteiger partial charge in [0.1, 0.15) is 5.82 Å². The Morgan fingerprint density at radius 2 is 1.94 bits per heavy atom. The lowest BCUT2D eigenvalue weighted by Crippen LogP contribution is -2.31. The van der Waals surface area contributed by atoms with Crippen LogP contribution in [0.1, 0.15) is 23.5 Å². The number of amides is 2. The van der Waals surface area contributed by atoms with Crippen LogP contribution in [0.4, 0.5) is 23.2 Å². The number of carbonyl (C=O) groups is 2. The molecular weight excluding hydrogens is 514 g/mol. The van der Waals surface area contributed by atoms with Gasteiger partial charge in [0.2, 0.25) is 11.8 Å². The van der Waals surface area contributed by atoms with Gasteiger partial charge in [-0.15, -0.1) is 0 Å². The van der Waals surface area contributed by atoms with Crippen LogP contribution in [0, 0.1) is 17.1 Å². The molecule has 2 aromatic rings. The number of benzene rings is 2. The Morgan fingerprint density at radius 1 is 1.25 bits per heavy atom. The molecule has 32 heavy (non-hydrogen) atoms. The lowest BCUT2D eigenvalue weighted by Gasteiger charge is -2.25. The highest BCUT2D eigenvalue weighted by molar-refractivity contribution is 9.10. The summed E-state index contributed by atoms with van der Waals surface area (Å²) in [6.45, 7) is 0. The van der Waals surface area contributed by atoms with E-state index in [-0.39, 0.29) is 27.2 Å². The van der Waals surface area contributed by atoms with Crippen LogP contribution in [0.2, 0.25) is 0 Å². The van der Waals surface area contributed by atoms with Crippen molar-refractivity contribution in [1.82, 2.24) is 5.32 Å². The predicted octanol–water partition coefficient (Wildman–Crippen LogP) is 5.32. The van der Waals surface area contributed by atoms with Crippen molar-refractivity contribution in [2.24, 2.45) is 0 Å². The summed E-state index contributed by atoms with van der Waals surface area (Å²) in [4.78, 5) is 24.5. The number of allylic oxidation sites excluding steroid dienone is 1. The van der Waals surface area contributed by atoms with Gasteiger partial charge in [0, 0.05) is 16.8 Å². The summed E-state index contributed by atoms with van der Waals surface area (Å²) in [5.74, 6) is -2.57. The quantitative estimate of drug-likeness (QED) is 0.515. The molecule has 0 bridgehead atoms. The minimum absolute atomic E-state index is 0.0291. The van der Waals surface area contributed by atoms with Crippen LogP contribution in [0.3, 0.4) is 0 Å². The second kappa shape index (κ2) is 9.75. The zero-order valence-electron chi connectivity index (χ0n) is 16.1. The minimum atomic E-state index is -4.67. The zero-order chi connectivity index (χ0) is 23.5. The summed E-state index contributed by atoms with van der Waals surface area (Å²) < 4.78 is 53.1. The average molecular weight is 528 g/mol. The number of hydrogen-bond acceptors (Lipinski definition) is 4. The number of nitrogens with one attached hydrogen (secondary N) is 2. The summed E-state index contributed by atoms with van der Waals surface area (Å²) >= 11 is 3.80. The Labute approximate surface area is 193 Å². The van der Waals surface area contributed by atoms with E-state index >= 15 is 0 Å². The third-order valence-corrected chi connectivity index (χ3v) is 6.05. The SMILES string of the molecule is N#CC1=C(SCC(=O)Nc2ccc(Br)cc2C(F)(F)F)NC(=O)C[C@@H]1c1ccc(F)cc1. The van der Waals surface area contributed by atoms with E-state index in [0.717, 1.165) is 23.9 Å². The van der Waals surface area contributed by atoms with E-state index in [1.807, 2.05) is 6.07 Å². The molecular formula is C21H14BrF4N3O2S. The van der Waals surface area contributed by atoms with E-state index in [2.05, 4.69) is 26.6 Å². The molecule has 0 saturated heterocycles. The standard InChI is InChI=1S/C21H14BrF4N3O2S/c22-12-3-6-17(16(7-12)21(24,25)26)28-19(31)10-32-20-15(9-27)14(8-18(30)29-20)11-1-4-13(23)5-2-11/h1-7,14H,8,10H2,(H,28,31)(H,29,30)/t14-/m1/s1. The van der Waals surface area contributed by atoms with E-state index < -0.39 is 41.0 Å². The van der Waals surface area contributed by atoms with Gasteiger partial charge in [0.05, 0.1) is 33.7 Å². The maximum atomic E-state index is 13.2. The van der Waals surface area contributed by atoms with Crippen molar-refractivity contribution < 1.29 is 27.2 Å². The van der Waals surface area contributed by atoms with E-state index in [4.69, 9.17) is 0 Å². The molecule has 0 unspecified atom stereocenters. The number of halogens is 5. The first-order valence-electron chi connectivity index (χ1n) is 9.07. The molecule has 1 heterocycles. The molecule has 0 radical (unpaired) electrons. The van der Waals surface area contributed by atoms with Gasteiger partial charge < -0.3 is 10.6 Å². The maximum absolute atomic E-state index is 13.2. The highest BCUT2D eigenvalue weighted by atomic mass is 79.9. The molecule has 0 saturated carbocycles. The van der Waals surface area contributed by atoms with Crippen molar-refractivity contribution >= 4 is 45.2 Å². The van der Waals surface area contributed by atoms with Crippen molar-refractivity contribution in [2.45, 2.75) is 18.5 Å². The number of carbonyl (C=O) groups excluding carboxylic acids is 2. The zero-order valence-corrected chi connectivity index (χ0v) is 18.5. The monoisotopic (exact) mass is 527 g/mol. The molecule has 1 aliphatic heterocycles. The summed E-state index contributed by atoms with van der Waals surface area (Å²) in [5, 5.41) is 14.5. The second-order valence-corrected chi connectivity index (χ2v) is 8.64. The fourth-order valence-corrected chi connectivity index (χ4v) is 4.33. The van der Waals surface area contributed by atoms with Gasteiger partial charge in [-0.25, -0.2) is 4.39 Å². The molecule has 166 valence electrons. The summed E-state index contributed by atoms with van der Waals surface area (Å²) in [6.07, 6.45) is -4.70. The molecule has 11 heteroatoms. The fraction of sp³-hybridized carbons (Fsp3) is 0.190. The van der Waals surface area contributed by atoms with Crippen molar-refractivity contribution in [3.8, 4) is 6.07 Å². The van der Waals surface area contributed by atoms with Gasteiger partial charge in [-0.05, 0) is 35.9 Å². The van der Waals surface area contributed by atoms with Gasteiger partial charge in [0.15, 0.2) is 0 Å². The molecule has 5 nitrogen and oxygen atoms in total. The highest BCUT2D eigenvalue weighted by Gasteiger charge is 2.34. The molecule has 1 aliphatic rings. The molecule has 0 fully saturated rings. The molecule has 2 N–H and O–H groups in total. The summed E-state index contributed by atoms with van der Waals surface area (Å²) in [5.41, 5.74) is -0.666. The van der Waals surface area contributed by atoms with Crippen molar-refractivity contribution in [2.75, 3.05) is 11.1 Å². The number of thioether (sulfide) groups is 1. The van der Waals surface area contributed by atoms with Crippen molar-refractivity contribution in [1.29, 1.82) is 5.26 Å². The van der Waals surface area contributed by atoms with Crippen LogP contribution in [-0.2, 0) is 15.8 Å². The Kier molecular flexibility index (Phi) is 7.26. The summed E-state index contributed by atoms with van der Waals surface area (Å²) in [7, 11) is 0. The third kappa shape index (κ3) is 5.69. The molecule has 2 amide bonds. The number of nitriles is 1. The molecule has 1 atom stereocenters. The van der Waals surface area contributed by atoms with Crippen LogP contribution >= 0.6 is 27.7 Å². The van der Waals surface area contributed by atoms with E-state index in [1.54, 1.807) is 0 Å². The van der Waals surface area contributed by atoms with Gasteiger partial charge >= 0.3 is 6.18 Å². The highest BCUT2D eigenvalue weighted by Crippen LogP contribution is 2.38. The molecule has 2 aromatic carbocycles. The van der Waals surface area contributed by atoms with Gasteiger partial charge in [-0.3, -0.25) is 9.59 Å². The normalized spacial score (nSPS) is 16.4. The first-order valence-corrected chi connectivity index (χ1v) is 10.9. The first kappa shape index (κ1) is 23.8. The predicted molar refractivity (Wildman–Crippen MR) is 115 cm³/mol. The summed E-state index contributed by atoms with van der Waals surface area (Å²) in [6, 6.07) is 10.7. The number of anilines is 1. The van der Waals surface area contributed by atoms with Gasteiger partial charge in [-0.1, -0.05) is 39.8 Å². The van der Waals surface area contributed by atoms with Crippen LogP contribution in [0.15, 0.2) is 57.5 Å². The molecule has 0 spiro atoms. The number of nitrogens with zero attached hydrogens (tertiary/aromatic N) is 1. The van der Waals surface area contributed by atoms with Gasteiger partial charge in [-0.2, -0.15) is 18.4 Å². The van der Waals surface area contributed by atoms with Crippen LogP contribution in [0.25, 0.3) is 0 Å². The van der Waals surface area contributed by atoms with E-state index in [1.165, 1.54) is 30.3 Å². The topological polar surface area (TPSA) is 82.0 Å². The first-order chi connectivity index (χ1) is 15.1. The number of hydrogen-bond donors (Lipinski definition) is 2. The average Bonchev–Trinajstić information content (AvgIpc) is 2.73. The molecule has 0 aliphatic carbocycles. The maximum Gasteiger partial charge on any atom is 0.418 e. The Morgan fingerprint density at radius 3 is 2.56 bits per heavy atom. The lowest BCUT2D eigenvalue weighted by atomic mass is 9.87. The second-order valence-electron chi connectivity index (χ2n) is 6.74. The Balaban J connectivity index is 1.78. The third-order valence-electron chi connectivity index (χ3n) is 4.54. The van der Waals surface area contributed by atoms with Gasteiger partial charge in [0.25, 0.3) is 0 Å². The van der Waals surface area contributed by atoms with E-state index in [0.29, 0.717) is 5.56 Å². The van der Waals surface area contributed by atoms with Crippen LogP contribution in [0.5, 0.6) is 0 Å². The minimum Gasteiger partial charge on any atom is -0.325 e. The van der Waals surface area contributed by atoms with E-state index in [9.17, 15) is 32.4 Å². The number of alkyl halides is 3. The number of rotatable bonds is 5. The largest absolute Gasteiger partial charge is 0.418 e. The lowest BCUT2D eigenvalue weighted by molar-refractivity contribution is -0.137. The Hall–Kier alpha value is -2.84. The van der Waals surface area contributed by atoms with Crippen molar-refractivity contribution in [3.05, 3.63) is 74.5 Å². The Bertz CT molecular complexity index is 1130.